The molecule has 0 aliphatic carbocycles. The summed E-state index contributed by atoms with van der Waals surface area (Å²) in [6.45, 7) is 4.65. The fraction of sp³-hybridized carbons (Fsp3) is 0.269. The Morgan fingerprint density at radius 3 is 2.50 bits per heavy atom. The van der Waals surface area contributed by atoms with E-state index >= 15 is 0 Å². The van der Waals surface area contributed by atoms with Crippen LogP contribution in [-0.2, 0) is 13.0 Å². The van der Waals surface area contributed by atoms with Crippen molar-refractivity contribution in [1.29, 1.82) is 5.26 Å². The van der Waals surface area contributed by atoms with Crippen molar-refractivity contribution in [3.8, 4) is 11.8 Å². The number of carbonyl (C=O) groups is 1. The molecule has 2 aromatic heterocycles. The summed E-state index contributed by atoms with van der Waals surface area (Å²) >= 11 is 0. The number of nitrogens with one attached hydrogen (secondary N) is 1. The first-order chi connectivity index (χ1) is 17.3. The van der Waals surface area contributed by atoms with E-state index in [1.54, 1.807) is 24.3 Å². The molecule has 0 aliphatic rings. The molecule has 0 aliphatic heterocycles. The number of nitrogen functional groups attached to an aromatic ring is 1. The molecule has 36 heavy (non-hydrogen) atoms. The number of hydrogen-bond acceptors (Lipinski definition) is 6. The number of rotatable bonds is 8. The van der Waals surface area contributed by atoms with Gasteiger partial charge >= 0.3 is 0 Å². The third kappa shape index (κ3) is 4.95. The van der Waals surface area contributed by atoms with Crippen molar-refractivity contribution in [1.82, 2.24) is 24.9 Å². The van der Waals surface area contributed by atoms with Crippen LogP contribution < -0.4 is 16.6 Å². The molecule has 0 bridgehead atoms. The zero-order chi connectivity index (χ0) is 25.8. The van der Waals surface area contributed by atoms with Gasteiger partial charge in [0, 0.05) is 18.5 Å². The van der Waals surface area contributed by atoms with Crippen LogP contribution in [-0.4, -0.2) is 32.0 Å². The van der Waals surface area contributed by atoms with Gasteiger partial charge in [-0.1, -0.05) is 32.0 Å². The maximum Gasteiger partial charge on any atom is 0.274 e. The Labute approximate surface area is 207 Å². The van der Waals surface area contributed by atoms with Gasteiger partial charge in [-0.2, -0.15) is 15.5 Å². The van der Waals surface area contributed by atoms with Gasteiger partial charge in [-0.05, 0) is 49.1 Å². The normalized spacial score (nSPS) is 11.1. The van der Waals surface area contributed by atoms with Crippen LogP contribution in [0.2, 0.25) is 0 Å². The largest absolute Gasteiger partial charge is 0.382 e. The molecule has 9 nitrogen and oxygen atoms in total. The molecular formula is C26H26FN7O2. The van der Waals surface area contributed by atoms with Crippen molar-refractivity contribution in [3.05, 3.63) is 81.7 Å². The number of amides is 1. The Balaban J connectivity index is 1.48. The topological polar surface area (TPSA) is 132 Å². The van der Waals surface area contributed by atoms with Gasteiger partial charge in [-0.15, -0.1) is 0 Å². The SMILES string of the molecule is CC(C)Cn1nc(C(=O)NCCCc2nn(-c3ccc(F)cc3)c(N)c2C#N)c2ccccc2c1=O. The van der Waals surface area contributed by atoms with Crippen LogP contribution in [0.3, 0.4) is 0 Å². The summed E-state index contributed by atoms with van der Waals surface area (Å²) in [4.78, 5) is 25.8. The Morgan fingerprint density at radius 2 is 1.83 bits per heavy atom. The average Bonchev–Trinajstić information content (AvgIpc) is 3.18. The second-order valence-electron chi connectivity index (χ2n) is 8.84. The van der Waals surface area contributed by atoms with Crippen LogP contribution in [0.4, 0.5) is 10.2 Å². The number of fused-ring (bicyclic) bond motifs is 1. The number of anilines is 1. The van der Waals surface area contributed by atoms with E-state index in [-0.39, 0.29) is 40.3 Å². The van der Waals surface area contributed by atoms with E-state index in [9.17, 15) is 19.2 Å². The number of nitriles is 1. The van der Waals surface area contributed by atoms with Gasteiger partial charge in [-0.25, -0.2) is 13.8 Å². The van der Waals surface area contributed by atoms with Crippen LogP contribution in [0.5, 0.6) is 0 Å². The summed E-state index contributed by atoms with van der Waals surface area (Å²) in [5.74, 6) is -0.418. The summed E-state index contributed by atoms with van der Waals surface area (Å²) in [6.07, 6.45) is 0.881. The van der Waals surface area contributed by atoms with E-state index in [4.69, 9.17) is 5.73 Å². The Morgan fingerprint density at radius 1 is 1.14 bits per heavy atom. The highest BCUT2D eigenvalue weighted by Crippen LogP contribution is 2.22. The smallest absolute Gasteiger partial charge is 0.274 e. The predicted octanol–water partition coefficient (Wildman–Crippen LogP) is 3.19. The van der Waals surface area contributed by atoms with E-state index in [0.717, 1.165) is 0 Å². The lowest BCUT2D eigenvalue weighted by Gasteiger charge is -2.12. The van der Waals surface area contributed by atoms with Gasteiger partial charge in [0.05, 0.1) is 16.8 Å². The number of nitrogens with zero attached hydrogens (tertiary/aromatic N) is 5. The molecule has 0 fully saturated rings. The molecule has 0 unspecified atom stereocenters. The second-order valence-corrected chi connectivity index (χ2v) is 8.84. The van der Waals surface area contributed by atoms with Crippen molar-refractivity contribution in [2.45, 2.75) is 33.2 Å². The Hall–Kier alpha value is -4.52. The minimum atomic E-state index is -0.388. The zero-order valence-corrected chi connectivity index (χ0v) is 20.0. The van der Waals surface area contributed by atoms with E-state index in [2.05, 4.69) is 21.6 Å². The maximum absolute atomic E-state index is 13.3. The first-order valence-electron chi connectivity index (χ1n) is 11.6. The Bertz CT molecular complexity index is 1510. The highest BCUT2D eigenvalue weighted by Gasteiger charge is 2.19. The number of aryl methyl sites for hydroxylation is 1. The molecular weight excluding hydrogens is 461 g/mol. The zero-order valence-electron chi connectivity index (χ0n) is 20.0. The lowest BCUT2D eigenvalue weighted by molar-refractivity contribution is 0.0947. The third-order valence-corrected chi connectivity index (χ3v) is 5.67. The van der Waals surface area contributed by atoms with Gasteiger partial charge in [-0.3, -0.25) is 9.59 Å². The molecule has 1 amide bonds. The van der Waals surface area contributed by atoms with E-state index in [1.165, 1.54) is 33.6 Å². The summed E-state index contributed by atoms with van der Waals surface area (Å²) in [5, 5.41) is 22.1. The van der Waals surface area contributed by atoms with Gasteiger partial charge < -0.3 is 11.1 Å². The average molecular weight is 488 g/mol. The van der Waals surface area contributed by atoms with E-state index in [0.29, 0.717) is 48.1 Å². The predicted molar refractivity (Wildman–Crippen MR) is 134 cm³/mol. The summed E-state index contributed by atoms with van der Waals surface area (Å²) in [7, 11) is 0. The quantitative estimate of drug-likeness (QED) is 0.367. The first-order valence-corrected chi connectivity index (χ1v) is 11.6. The highest BCUT2D eigenvalue weighted by molar-refractivity contribution is 6.04. The van der Waals surface area contributed by atoms with Crippen LogP contribution in [0, 0.1) is 23.1 Å². The first kappa shape index (κ1) is 24.6. The number of halogens is 1. The molecule has 0 saturated heterocycles. The summed E-state index contributed by atoms with van der Waals surface area (Å²) < 4.78 is 16.0. The van der Waals surface area contributed by atoms with Crippen molar-refractivity contribution in [2.24, 2.45) is 5.92 Å². The van der Waals surface area contributed by atoms with Crippen LogP contribution >= 0.6 is 0 Å². The van der Waals surface area contributed by atoms with Crippen molar-refractivity contribution < 1.29 is 9.18 Å². The molecule has 2 heterocycles. The number of benzene rings is 2. The minimum Gasteiger partial charge on any atom is -0.382 e. The number of carbonyl (C=O) groups excluding carboxylic acids is 1. The third-order valence-electron chi connectivity index (χ3n) is 5.67. The molecule has 0 spiro atoms. The van der Waals surface area contributed by atoms with Gasteiger partial charge in [0.1, 0.15) is 23.3 Å². The van der Waals surface area contributed by atoms with Gasteiger partial charge in [0.15, 0.2) is 5.69 Å². The molecule has 4 rings (SSSR count). The molecule has 0 saturated carbocycles. The highest BCUT2D eigenvalue weighted by atomic mass is 19.1. The lowest BCUT2D eigenvalue weighted by atomic mass is 10.1. The van der Waals surface area contributed by atoms with E-state index < -0.39 is 0 Å². The number of aromatic nitrogens is 4. The molecule has 10 heteroatoms. The molecule has 4 aromatic rings. The monoisotopic (exact) mass is 487 g/mol. The van der Waals surface area contributed by atoms with Crippen molar-refractivity contribution in [2.75, 3.05) is 12.3 Å². The van der Waals surface area contributed by atoms with Crippen molar-refractivity contribution >= 4 is 22.5 Å². The maximum atomic E-state index is 13.3. The fourth-order valence-electron chi connectivity index (χ4n) is 3.97. The molecule has 184 valence electrons. The number of nitrogens with two attached hydrogens (primary N) is 1. The van der Waals surface area contributed by atoms with Crippen LogP contribution in [0.1, 0.15) is 42.0 Å². The fourth-order valence-corrected chi connectivity index (χ4v) is 3.97. The summed E-state index contributed by atoms with van der Waals surface area (Å²) in [5.41, 5.74) is 7.34. The van der Waals surface area contributed by atoms with E-state index in [1.807, 2.05) is 13.8 Å². The van der Waals surface area contributed by atoms with Gasteiger partial charge in [0.25, 0.3) is 11.5 Å². The van der Waals surface area contributed by atoms with Crippen molar-refractivity contribution in [3.63, 3.8) is 0 Å². The molecule has 0 atom stereocenters. The second kappa shape index (κ2) is 10.4. The molecule has 0 radical (unpaired) electrons. The van der Waals surface area contributed by atoms with Crippen LogP contribution in [0.15, 0.2) is 53.3 Å². The Kier molecular flexibility index (Phi) is 7.10. The standard InChI is InChI=1S/C26H26FN7O2/c1-16(2)15-33-26(36)20-7-4-3-6-19(20)23(32-33)25(35)30-13-5-8-22-21(14-28)24(29)34(31-22)18-11-9-17(27)10-12-18/h3-4,6-7,9-12,16H,5,8,13,15,29H2,1-2H3,(H,30,35). The van der Waals surface area contributed by atoms with Gasteiger partial charge in [0.2, 0.25) is 0 Å². The number of hydrogen-bond donors (Lipinski definition) is 2. The minimum absolute atomic E-state index is 0.172. The summed E-state index contributed by atoms with van der Waals surface area (Å²) in [6, 6.07) is 14.6. The van der Waals surface area contributed by atoms with Crippen LogP contribution in [0.25, 0.3) is 16.5 Å². The molecule has 3 N–H and O–H groups in total. The molecule has 2 aromatic carbocycles. The lowest BCUT2D eigenvalue weighted by Crippen LogP contribution is -2.32.